The SMILES string of the molecule is Cc1cccc(NCc2cc(Cl)ccc2Cl)c1Br. The minimum absolute atomic E-state index is 0.640. The smallest absolute Gasteiger partial charge is 0.0490 e. The number of benzene rings is 2. The maximum atomic E-state index is 6.12. The van der Waals surface area contributed by atoms with Gasteiger partial charge in [0.2, 0.25) is 0 Å². The van der Waals surface area contributed by atoms with Crippen LogP contribution in [0.15, 0.2) is 40.9 Å². The van der Waals surface area contributed by atoms with E-state index in [9.17, 15) is 0 Å². The first kappa shape index (κ1) is 13.7. The predicted octanol–water partition coefficient (Wildman–Crippen LogP) is 5.68. The van der Waals surface area contributed by atoms with E-state index in [1.54, 1.807) is 6.07 Å². The van der Waals surface area contributed by atoms with Crippen LogP contribution in [0.25, 0.3) is 0 Å². The Hall–Kier alpha value is -0.700. The lowest BCUT2D eigenvalue weighted by atomic mass is 10.2. The normalized spacial score (nSPS) is 10.4. The molecule has 0 spiro atoms. The largest absolute Gasteiger partial charge is 0.380 e. The molecule has 0 radical (unpaired) electrons. The Morgan fingerprint density at radius 2 is 1.94 bits per heavy atom. The molecule has 2 aromatic rings. The van der Waals surface area contributed by atoms with E-state index in [1.807, 2.05) is 24.3 Å². The van der Waals surface area contributed by atoms with E-state index >= 15 is 0 Å². The molecule has 2 aromatic carbocycles. The molecule has 0 heterocycles. The van der Waals surface area contributed by atoms with Crippen molar-refractivity contribution < 1.29 is 0 Å². The topological polar surface area (TPSA) is 12.0 Å². The summed E-state index contributed by atoms with van der Waals surface area (Å²) < 4.78 is 1.07. The second-order valence-corrected chi connectivity index (χ2v) is 5.66. The Morgan fingerprint density at radius 1 is 1.17 bits per heavy atom. The molecule has 0 saturated heterocycles. The number of rotatable bonds is 3. The van der Waals surface area contributed by atoms with E-state index in [1.165, 1.54) is 5.56 Å². The average Bonchev–Trinajstić information content (AvgIpc) is 2.35. The van der Waals surface area contributed by atoms with Gasteiger partial charge in [-0.15, -0.1) is 0 Å². The maximum Gasteiger partial charge on any atom is 0.0490 e. The van der Waals surface area contributed by atoms with Crippen molar-refractivity contribution in [2.45, 2.75) is 13.5 Å². The third-order valence-corrected chi connectivity index (χ3v) is 4.33. The van der Waals surface area contributed by atoms with Crippen molar-refractivity contribution in [3.8, 4) is 0 Å². The van der Waals surface area contributed by atoms with Gasteiger partial charge in [-0.2, -0.15) is 0 Å². The van der Waals surface area contributed by atoms with Crippen molar-refractivity contribution in [1.82, 2.24) is 0 Å². The Morgan fingerprint density at radius 3 is 2.72 bits per heavy atom. The fraction of sp³-hybridized carbons (Fsp3) is 0.143. The first-order valence-corrected chi connectivity index (χ1v) is 7.06. The summed E-state index contributed by atoms with van der Waals surface area (Å²) >= 11 is 15.6. The first-order valence-electron chi connectivity index (χ1n) is 5.51. The van der Waals surface area contributed by atoms with Gasteiger partial charge in [0.15, 0.2) is 0 Å². The highest BCUT2D eigenvalue weighted by molar-refractivity contribution is 9.10. The van der Waals surface area contributed by atoms with Crippen molar-refractivity contribution in [2.24, 2.45) is 0 Å². The molecule has 0 saturated carbocycles. The van der Waals surface area contributed by atoms with E-state index in [0.29, 0.717) is 11.6 Å². The molecular formula is C14H12BrCl2N. The zero-order chi connectivity index (χ0) is 13.1. The van der Waals surface area contributed by atoms with E-state index in [-0.39, 0.29) is 0 Å². The molecule has 2 rings (SSSR count). The van der Waals surface area contributed by atoms with Crippen LogP contribution in [0.5, 0.6) is 0 Å². The summed E-state index contributed by atoms with van der Waals surface area (Å²) in [7, 11) is 0. The molecule has 0 aliphatic rings. The van der Waals surface area contributed by atoms with Crippen LogP contribution in [0.2, 0.25) is 10.0 Å². The zero-order valence-corrected chi connectivity index (χ0v) is 12.9. The molecule has 0 unspecified atom stereocenters. The number of hydrogen-bond acceptors (Lipinski definition) is 1. The highest BCUT2D eigenvalue weighted by Gasteiger charge is 2.04. The summed E-state index contributed by atoms with van der Waals surface area (Å²) in [6, 6.07) is 11.6. The molecule has 4 heteroatoms. The molecule has 1 N–H and O–H groups in total. The molecular weight excluding hydrogens is 333 g/mol. The predicted molar refractivity (Wildman–Crippen MR) is 82.7 cm³/mol. The van der Waals surface area contributed by atoms with Gasteiger partial charge in [-0.3, -0.25) is 0 Å². The van der Waals surface area contributed by atoms with Gasteiger partial charge >= 0.3 is 0 Å². The lowest BCUT2D eigenvalue weighted by Crippen LogP contribution is -2.01. The summed E-state index contributed by atoms with van der Waals surface area (Å²) in [5, 5.41) is 4.76. The minimum atomic E-state index is 0.640. The molecule has 0 atom stereocenters. The van der Waals surface area contributed by atoms with Gasteiger partial charge in [-0.1, -0.05) is 35.3 Å². The summed E-state index contributed by atoms with van der Waals surface area (Å²) in [6.07, 6.45) is 0. The number of anilines is 1. The molecule has 94 valence electrons. The summed E-state index contributed by atoms with van der Waals surface area (Å²) in [5.41, 5.74) is 3.22. The first-order chi connectivity index (χ1) is 8.58. The van der Waals surface area contributed by atoms with Crippen LogP contribution in [0.4, 0.5) is 5.69 Å². The number of aryl methyl sites for hydroxylation is 1. The lowest BCUT2D eigenvalue weighted by molar-refractivity contribution is 1.14. The summed E-state index contributed by atoms with van der Waals surface area (Å²) in [5.74, 6) is 0. The van der Waals surface area contributed by atoms with Crippen molar-refractivity contribution in [2.75, 3.05) is 5.32 Å². The highest BCUT2D eigenvalue weighted by Crippen LogP contribution is 2.27. The fourth-order valence-corrected chi connectivity index (χ4v) is 2.44. The van der Waals surface area contributed by atoms with Crippen LogP contribution >= 0.6 is 39.1 Å². The number of hydrogen-bond donors (Lipinski definition) is 1. The van der Waals surface area contributed by atoms with E-state index in [2.05, 4.69) is 34.2 Å². The zero-order valence-electron chi connectivity index (χ0n) is 9.81. The molecule has 0 aliphatic carbocycles. The standard InChI is InChI=1S/C14H12BrCl2N/c1-9-3-2-4-13(14(9)15)18-8-10-7-11(16)5-6-12(10)17/h2-7,18H,8H2,1H3. The van der Waals surface area contributed by atoms with Gasteiger partial charge in [0.25, 0.3) is 0 Å². The number of halogens is 3. The van der Waals surface area contributed by atoms with Gasteiger partial charge in [-0.25, -0.2) is 0 Å². The maximum absolute atomic E-state index is 6.12. The lowest BCUT2D eigenvalue weighted by Gasteiger charge is -2.11. The fourth-order valence-electron chi connectivity index (χ4n) is 1.65. The second-order valence-electron chi connectivity index (χ2n) is 4.03. The minimum Gasteiger partial charge on any atom is -0.380 e. The van der Waals surface area contributed by atoms with Crippen molar-refractivity contribution in [1.29, 1.82) is 0 Å². The molecule has 1 nitrogen and oxygen atoms in total. The van der Waals surface area contributed by atoms with Crippen LogP contribution in [-0.2, 0) is 6.54 Å². The Bertz CT molecular complexity index is 568. The van der Waals surface area contributed by atoms with Gasteiger partial charge in [0.1, 0.15) is 0 Å². The molecule has 18 heavy (non-hydrogen) atoms. The highest BCUT2D eigenvalue weighted by atomic mass is 79.9. The molecule has 0 aromatic heterocycles. The Balaban J connectivity index is 2.16. The van der Waals surface area contributed by atoms with Crippen molar-refractivity contribution in [3.05, 3.63) is 62.0 Å². The van der Waals surface area contributed by atoms with Gasteiger partial charge in [0, 0.05) is 26.8 Å². The third-order valence-electron chi connectivity index (χ3n) is 2.67. The molecule has 0 bridgehead atoms. The van der Waals surface area contributed by atoms with Gasteiger partial charge in [-0.05, 0) is 58.2 Å². The molecule has 0 fully saturated rings. The Kier molecular flexibility index (Phi) is 4.55. The molecule has 0 amide bonds. The van der Waals surface area contributed by atoms with E-state index in [4.69, 9.17) is 23.2 Å². The van der Waals surface area contributed by atoms with Crippen molar-refractivity contribution >= 4 is 44.8 Å². The number of nitrogens with one attached hydrogen (secondary N) is 1. The molecule has 0 aliphatic heterocycles. The van der Waals surface area contributed by atoms with Crippen LogP contribution in [0.3, 0.4) is 0 Å². The Labute approximate surface area is 125 Å². The van der Waals surface area contributed by atoms with Gasteiger partial charge < -0.3 is 5.32 Å². The third kappa shape index (κ3) is 3.19. The quantitative estimate of drug-likeness (QED) is 0.755. The van der Waals surface area contributed by atoms with Crippen LogP contribution in [0.1, 0.15) is 11.1 Å². The monoisotopic (exact) mass is 343 g/mol. The van der Waals surface area contributed by atoms with Crippen LogP contribution in [0, 0.1) is 6.92 Å². The van der Waals surface area contributed by atoms with Crippen LogP contribution < -0.4 is 5.32 Å². The van der Waals surface area contributed by atoms with E-state index in [0.717, 1.165) is 20.7 Å². The summed E-state index contributed by atoms with van der Waals surface area (Å²) in [4.78, 5) is 0. The average molecular weight is 345 g/mol. The van der Waals surface area contributed by atoms with E-state index < -0.39 is 0 Å². The van der Waals surface area contributed by atoms with Crippen LogP contribution in [-0.4, -0.2) is 0 Å². The van der Waals surface area contributed by atoms with Gasteiger partial charge in [0.05, 0.1) is 0 Å². The second kappa shape index (κ2) is 5.96. The summed E-state index contributed by atoms with van der Waals surface area (Å²) in [6.45, 7) is 2.70. The van der Waals surface area contributed by atoms with Crippen molar-refractivity contribution in [3.63, 3.8) is 0 Å².